The van der Waals surface area contributed by atoms with Crippen LogP contribution in [0.4, 0.5) is 0 Å². The van der Waals surface area contributed by atoms with Gasteiger partial charge in [-0.3, -0.25) is 10.9 Å². The SMILES string of the molecule is CCC1(Cc2ccccc2)NNC(=S)NN1. The van der Waals surface area contributed by atoms with Crippen LogP contribution in [0, 0.1) is 0 Å². The molecule has 86 valence electrons. The summed E-state index contributed by atoms with van der Waals surface area (Å²) in [7, 11) is 0. The third kappa shape index (κ3) is 2.49. The minimum Gasteiger partial charge on any atom is -0.295 e. The fourth-order valence-electron chi connectivity index (χ4n) is 1.75. The minimum absolute atomic E-state index is 0.205. The molecule has 2 rings (SSSR count). The second-order valence-electron chi connectivity index (χ2n) is 3.93. The van der Waals surface area contributed by atoms with Crippen LogP contribution >= 0.6 is 12.2 Å². The van der Waals surface area contributed by atoms with Gasteiger partial charge in [-0.25, -0.2) is 10.9 Å². The lowest BCUT2D eigenvalue weighted by atomic mass is 9.98. The lowest BCUT2D eigenvalue weighted by Gasteiger charge is -2.40. The summed E-state index contributed by atoms with van der Waals surface area (Å²) in [5.74, 6) is 0. The smallest absolute Gasteiger partial charge is 0.195 e. The number of nitrogens with one attached hydrogen (secondary N) is 4. The van der Waals surface area contributed by atoms with E-state index in [2.05, 4.69) is 40.8 Å². The van der Waals surface area contributed by atoms with E-state index in [1.54, 1.807) is 0 Å². The number of hydrazine groups is 2. The molecule has 1 fully saturated rings. The van der Waals surface area contributed by atoms with Crippen LogP contribution in [-0.2, 0) is 6.42 Å². The van der Waals surface area contributed by atoms with E-state index >= 15 is 0 Å². The molecule has 1 heterocycles. The van der Waals surface area contributed by atoms with Gasteiger partial charge in [0.2, 0.25) is 0 Å². The topological polar surface area (TPSA) is 48.1 Å². The Balaban J connectivity index is 2.08. The molecule has 4 N–H and O–H groups in total. The Labute approximate surface area is 101 Å². The van der Waals surface area contributed by atoms with Gasteiger partial charge < -0.3 is 0 Å². The Kier molecular flexibility index (Phi) is 3.38. The van der Waals surface area contributed by atoms with Crippen LogP contribution in [0.5, 0.6) is 0 Å². The summed E-state index contributed by atoms with van der Waals surface area (Å²) in [5, 5.41) is 0.567. The van der Waals surface area contributed by atoms with E-state index in [1.807, 2.05) is 18.2 Å². The van der Waals surface area contributed by atoms with Gasteiger partial charge in [0.15, 0.2) is 5.11 Å². The molecular weight excluding hydrogens is 220 g/mol. The number of hydrogen-bond donors (Lipinski definition) is 4. The van der Waals surface area contributed by atoms with E-state index in [0.29, 0.717) is 5.11 Å². The molecular formula is C11H16N4S. The van der Waals surface area contributed by atoms with Crippen molar-refractivity contribution < 1.29 is 0 Å². The van der Waals surface area contributed by atoms with Crippen LogP contribution in [0.3, 0.4) is 0 Å². The van der Waals surface area contributed by atoms with Gasteiger partial charge in [0.25, 0.3) is 0 Å². The fourth-order valence-corrected chi connectivity index (χ4v) is 1.85. The van der Waals surface area contributed by atoms with Crippen LogP contribution < -0.4 is 21.7 Å². The first-order valence-corrected chi connectivity index (χ1v) is 5.79. The molecule has 1 aromatic carbocycles. The number of hydrogen-bond acceptors (Lipinski definition) is 3. The maximum atomic E-state index is 4.97. The van der Waals surface area contributed by atoms with Gasteiger partial charge in [0.1, 0.15) is 5.66 Å². The lowest BCUT2D eigenvalue weighted by molar-refractivity contribution is 0.193. The summed E-state index contributed by atoms with van der Waals surface area (Å²) in [5.41, 5.74) is 13.4. The third-order valence-electron chi connectivity index (χ3n) is 2.78. The number of rotatable bonds is 3. The highest BCUT2D eigenvalue weighted by Gasteiger charge is 2.31. The van der Waals surface area contributed by atoms with E-state index in [0.717, 1.165) is 12.8 Å². The predicted molar refractivity (Wildman–Crippen MR) is 68.3 cm³/mol. The van der Waals surface area contributed by atoms with Gasteiger partial charge in [0.05, 0.1) is 0 Å². The molecule has 0 atom stereocenters. The van der Waals surface area contributed by atoms with Crippen molar-refractivity contribution in [3.8, 4) is 0 Å². The van der Waals surface area contributed by atoms with Gasteiger partial charge in [-0.15, -0.1) is 0 Å². The highest BCUT2D eigenvalue weighted by Crippen LogP contribution is 2.14. The van der Waals surface area contributed by atoms with Crippen molar-refractivity contribution in [1.82, 2.24) is 21.7 Å². The molecule has 0 amide bonds. The van der Waals surface area contributed by atoms with Crippen molar-refractivity contribution in [2.24, 2.45) is 0 Å². The molecule has 1 saturated heterocycles. The second-order valence-corrected chi connectivity index (χ2v) is 4.34. The molecule has 0 radical (unpaired) electrons. The van der Waals surface area contributed by atoms with Gasteiger partial charge in [-0.2, -0.15) is 0 Å². The average Bonchev–Trinajstić information content (AvgIpc) is 2.34. The van der Waals surface area contributed by atoms with Gasteiger partial charge in [-0.1, -0.05) is 37.3 Å². The maximum Gasteiger partial charge on any atom is 0.195 e. The summed E-state index contributed by atoms with van der Waals surface area (Å²) >= 11 is 4.97. The Morgan fingerprint density at radius 3 is 2.31 bits per heavy atom. The van der Waals surface area contributed by atoms with Crippen LogP contribution in [0.2, 0.25) is 0 Å². The molecule has 0 saturated carbocycles. The van der Waals surface area contributed by atoms with Gasteiger partial charge in [-0.05, 0) is 24.2 Å². The zero-order valence-electron chi connectivity index (χ0n) is 9.21. The van der Waals surface area contributed by atoms with Crippen LogP contribution in [0.25, 0.3) is 0 Å². The molecule has 1 aliphatic heterocycles. The standard InChI is InChI=1S/C11H16N4S/c1-2-11(14-12-10(16)13-15-11)8-9-6-4-3-5-7-9/h3-7,14-15H,2,8H2,1H3,(H2,12,13,16). The van der Waals surface area contributed by atoms with Crippen LogP contribution in [0.1, 0.15) is 18.9 Å². The van der Waals surface area contributed by atoms with E-state index in [9.17, 15) is 0 Å². The average molecular weight is 236 g/mol. The Morgan fingerprint density at radius 1 is 1.12 bits per heavy atom. The van der Waals surface area contributed by atoms with E-state index in [4.69, 9.17) is 12.2 Å². The molecule has 5 heteroatoms. The first-order valence-electron chi connectivity index (χ1n) is 5.38. The molecule has 0 aromatic heterocycles. The highest BCUT2D eigenvalue weighted by atomic mass is 32.1. The molecule has 1 aliphatic rings. The zero-order chi connectivity index (χ0) is 11.4. The lowest BCUT2D eigenvalue weighted by Crippen LogP contribution is -2.74. The molecule has 0 unspecified atom stereocenters. The zero-order valence-corrected chi connectivity index (χ0v) is 10.0. The normalized spacial score (nSPS) is 18.7. The summed E-state index contributed by atoms with van der Waals surface area (Å²) in [6.07, 6.45) is 1.82. The van der Waals surface area contributed by atoms with E-state index in [-0.39, 0.29) is 5.66 Å². The molecule has 0 aliphatic carbocycles. The Bertz CT molecular complexity index is 356. The maximum absolute atomic E-state index is 4.97. The molecule has 16 heavy (non-hydrogen) atoms. The van der Waals surface area contributed by atoms with Crippen molar-refractivity contribution in [1.29, 1.82) is 0 Å². The molecule has 4 nitrogen and oxygen atoms in total. The third-order valence-corrected chi connectivity index (χ3v) is 2.99. The minimum atomic E-state index is -0.205. The highest BCUT2D eigenvalue weighted by molar-refractivity contribution is 7.80. The first-order chi connectivity index (χ1) is 7.74. The quantitative estimate of drug-likeness (QED) is 0.586. The summed E-state index contributed by atoms with van der Waals surface area (Å²) in [6.45, 7) is 2.13. The van der Waals surface area contributed by atoms with E-state index < -0.39 is 0 Å². The molecule has 1 aromatic rings. The van der Waals surface area contributed by atoms with Gasteiger partial charge in [0, 0.05) is 6.42 Å². The molecule has 0 spiro atoms. The summed E-state index contributed by atoms with van der Waals surface area (Å²) in [4.78, 5) is 0. The van der Waals surface area contributed by atoms with Crippen molar-refractivity contribution in [2.75, 3.05) is 0 Å². The van der Waals surface area contributed by atoms with Crippen LogP contribution in [-0.4, -0.2) is 10.8 Å². The first kappa shape index (κ1) is 11.3. The van der Waals surface area contributed by atoms with Crippen molar-refractivity contribution >= 4 is 17.3 Å². The van der Waals surface area contributed by atoms with Gasteiger partial charge >= 0.3 is 0 Å². The summed E-state index contributed by atoms with van der Waals surface area (Å²) < 4.78 is 0. The number of benzene rings is 1. The van der Waals surface area contributed by atoms with Crippen LogP contribution in [0.15, 0.2) is 30.3 Å². The van der Waals surface area contributed by atoms with E-state index in [1.165, 1.54) is 5.56 Å². The van der Waals surface area contributed by atoms with Crippen molar-refractivity contribution in [3.05, 3.63) is 35.9 Å². The number of thiocarbonyl (C=S) groups is 1. The fraction of sp³-hybridized carbons (Fsp3) is 0.364. The largest absolute Gasteiger partial charge is 0.295 e. The Hall–Kier alpha value is -1.17. The van der Waals surface area contributed by atoms with Crippen molar-refractivity contribution in [3.63, 3.8) is 0 Å². The summed E-state index contributed by atoms with van der Waals surface area (Å²) in [6, 6.07) is 10.4. The monoisotopic (exact) mass is 236 g/mol. The van der Waals surface area contributed by atoms with Crippen molar-refractivity contribution in [2.45, 2.75) is 25.4 Å². The predicted octanol–water partition coefficient (Wildman–Crippen LogP) is 0.822. The Morgan fingerprint density at radius 2 is 1.75 bits per heavy atom. The molecule has 0 bridgehead atoms. The second kappa shape index (κ2) is 4.78.